The van der Waals surface area contributed by atoms with Crippen molar-refractivity contribution in [2.75, 3.05) is 60.2 Å². The molecule has 0 aliphatic carbocycles. The number of methoxy groups -OCH3 is 2. The smallest absolute Gasteiger partial charge is 0.314 e. The van der Waals surface area contributed by atoms with Crippen molar-refractivity contribution >= 4 is 6.03 Å². The van der Waals surface area contributed by atoms with Gasteiger partial charge in [-0.05, 0) is 17.7 Å². The van der Waals surface area contributed by atoms with E-state index in [-0.39, 0.29) is 11.4 Å². The number of carbonyl (C=O) groups excluding carboxylic acids is 1. The summed E-state index contributed by atoms with van der Waals surface area (Å²) in [5, 5.41) is 5.88. The monoisotopic (exact) mass is 365 g/mol. The summed E-state index contributed by atoms with van der Waals surface area (Å²) in [6, 6.07) is 5.70. The van der Waals surface area contributed by atoms with Gasteiger partial charge in [-0.25, -0.2) is 4.79 Å². The van der Waals surface area contributed by atoms with Crippen molar-refractivity contribution < 1.29 is 19.0 Å². The Morgan fingerprint density at radius 1 is 1.15 bits per heavy atom. The van der Waals surface area contributed by atoms with E-state index < -0.39 is 0 Å². The lowest BCUT2D eigenvalue weighted by Gasteiger charge is -2.27. The van der Waals surface area contributed by atoms with Crippen LogP contribution in [0.3, 0.4) is 0 Å². The Bertz CT molecular complexity index is 586. The van der Waals surface area contributed by atoms with E-state index in [9.17, 15) is 4.79 Å². The van der Waals surface area contributed by atoms with Gasteiger partial charge in [-0.3, -0.25) is 4.90 Å². The molecule has 1 aliphatic rings. The summed E-state index contributed by atoms with van der Waals surface area (Å²) >= 11 is 0. The number of nitrogens with one attached hydrogen (secondary N) is 2. The molecule has 0 radical (unpaired) electrons. The number of rotatable bonds is 8. The minimum atomic E-state index is -0.235. The molecule has 26 heavy (non-hydrogen) atoms. The Hall–Kier alpha value is -1.99. The third kappa shape index (κ3) is 5.78. The van der Waals surface area contributed by atoms with Gasteiger partial charge < -0.3 is 24.8 Å². The van der Waals surface area contributed by atoms with E-state index in [1.807, 2.05) is 18.2 Å². The predicted octanol–water partition coefficient (Wildman–Crippen LogP) is 1.61. The molecule has 0 bridgehead atoms. The first kappa shape index (κ1) is 20.3. The SMILES string of the molecule is COc1ccc(C(C)(C)CNC(=O)NCCN2CCOCC2)cc1OC. The number of benzene rings is 1. The minimum absolute atomic E-state index is 0.146. The van der Waals surface area contributed by atoms with E-state index >= 15 is 0 Å². The van der Waals surface area contributed by atoms with Crippen molar-refractivity contribution in [1.82, 2.24) is 15.5 Å². The van der Waals surface area contributed by atoms with E-state index in [0.717, 1.165) is 38.4 Å². The fraction of sp³-hybridized carbons (Fsp3) is 0.632. The molecule has 1 aliphatic heterocycles. The van der Waals surface area contributed by atoms with Crippen LogP contribution in [0.15, 0.2) is 18.2 Å². The first-order valence-corrected chi connectivity index (χ1v) is 9.00. The second-order valence-corrected chi connectivity index (χ2v) is 7.02. The highest BCUT2D eigenvalue weighted by Gasteiger charge is 2.23. The highest BCUT2D eigenvalue weighted by molar-refractivity contribution is 5.74. The largest absolute Gasteiger partial charge is 0.493 e. The zero-order valence-electron chi connectivity index (χ0n) is 16.3. The average Bonchev–Trinajstić information content (AvgIpc) is 2.66. The molecule has 0 atom stereocenters. The van der Waals surface area contributed by atoms with Crippen molar-refractivity contribution in [3.63, 3.8) is 0 Å². The minimum Gasteiger partial charge on any atom is -0.493 e. The molecule has 146 valence electrons. The van der Waals surface area contributed by atoms with Crippen LogP contribution in [0.2, 0.25) is 0 Å². The van der Waals surface area contributed by atoms with Crippen molar-refractivity contribution in [3.05, 3.63) is 23.8 Å². The third-order valence-electron chi connectivity index (χ3n) is 4.67. The summed E-state index contributed by atoms with van der Waals surface area (Å²) in [5.41, 5.74) is 0.838. The first-order valence-electron chi connectivity index (χ1n) is 9.00. The van der Waals surface area contributed by atoms with E-state index in [1.165, 1.54) is 0 Å². The molecule has 7 heteroatoms. The summed E-state index contributed by atoms with van der Waals surface area (Å²) in [6.07, 6.45) is 0. The molecule has 0 spiro atoms. The molecule has 1 saturated heterocycles. The van der Waals surface area contributed by atoms with Crippen molar-refractivity contribution in [2.24, 2.45) is 0 Å². The summed E-state index contributed by atoms with van der Waals surface area (Å²) < 4.78 is 16.0. The maximum atomic E-state index is 12.1. The fourth-order valence-electron chi connectivity index (χ4n) is 2.88. The molecule has 1 aromatic rings. The number of nitrogens with zero attached hydrogens (tertiary/aromatic N) is 1. The molecular formula is C19H31N3O4. The van der Waals surface area contributed by atoms with Crippen LogP contribution in [-0.4, -0.2) is 71.1 Å². The fourth-order valence-corrected chi connectivity index (χ4v) is 2.88. The van der Waals surface area contributed by atoms with Gasteiger partial charge in [0.2, 0.25) is 0 Å². The zero-order valence-corrected chi connectivity index (χ0v) is 16.3. The molecule has 0 unspecified atom stereocenters. The Morgan fingerprint density at radius 3 is 2.50 bits per heavy atom. The van der Waals surface area contributed by atoms with E-state index in [4.69, 9.17) is 14.2 Å². The molecule has 2 N–H and O–H groups in total. The number of urea groups is 1. The number of amides is 2. The maximum Gasteiger partial charge on any atom is 0.314 e. The quantitative estimate of drug-likeness (QED) is 0.732. The van der Waals surface area contributed by atoms with Crippen LogP contribution in [0.4, 0.5) is 4.79 Å². The van der Waals surface area contributed by atoms with Crippen molar-refractivity contribution in [2.45, 2.75) is 19.3 Å². The zero-order chi connectivity index (χ0) is 19.0. The van der Waals surface area contributed by atoms with Crippen LogP contribution in [0.5, 0.6) is 11.5 Å². The Morgan fingerprint density at radius 2 is 1.85 bits per heavy atom. The van der Waals surface area contributed by atoms with Crippen LogP contribution in [0.1, 0.15) is 19.4 Å². The van der Waals surface area contributed by atoms with Gasteiger partial charge in [-0.2, -0.15) is 0 Å². The molecule has 2 amide bonds. The average molecular weight is 365 g/mol. The molecule has 0 aromatic heterocycles. The second kappa shape index (κ2) is 9.64. The normalized spacial score (nSPS) is 15.4. The number of carbonyl (C=O) groups is 1. The third-order valence-corrected chi connectivity index (χ3v) is 4.67. The van der Waals surface area contributed by atoms with Crippen LogP contribution in [0, 0.1) is 0 Å². The highest BCUT2D eigenvalue weighted by atomic mass is 16.5. The molecule has 1 aromatic carbocycles. The topological polar surface area (TPSA) is 72.1 Å². The van der Waals surface area contributed by atoms with Gasteiger partial charge in [-0.1, -0.05) is 19.9 Å². The van der Waals surface area contributed by atoms with Gasteiger partial charge in [0.15, 0.2) is 11.5 Å². The number of hydrogen-bond acceptors (Lipinski definition) is 5. The van der Waals surface area contributed by atoms with Crippen LogP contribution < -0.4 is 20.1 Å². The molecule has 1 heterocycles. The standard InChI is InChI=1S/C19H31N3O4/c1-19(2,15-5-6-16(24-3)17(13-15)25-4)14-21-18(23)20-7-8-22-9-11-26-12-10-22/h5-6,13H,7-12,14H2,1-4H3,(H2,20,21,23). The van der Waals surface area contributed by atoms with Crippen LogP contribution in [0.25, 0.3) is 0 Å². The van der Waals surface area contributed by atoms with Gasteiger partial charge >= 0.3 is 6.03 Å². The lowest BCUT2D eigenvalue weighted by Crippen LogP contribution is -2.46. The van der Waals surface area contributed by atoms with E-state index in [2.05, 4.69) is 29.4 Å². The molecule has 7 nitrogen and oxygen atoms in total. The van der Waals surface area contributed by atoms with Gasteiger partial charge in [-0.15, -0.1) is 0 Å². The molecule has 0 saturated carbocycles. The molecule has 1 fully saturated rings. The second-order valence-electron chi connectivity index (χ2n) is 7.02. The predicted molar refractivity (Wildman–Crippen MR) is 101 cm³/mol. The van der Waals surface area contributed by atoms with Crippen LogP contribution >= 0.6 is 0 Å². The van der Waals surface area contributed by atoms with E-state index in [1.54, 1.807) is 14.2 Å². The van der Waals surface area contributed by atoms with Gasteiger partial charge in [0.05, 0.1) is 27.4 Å². The van der Waals surface area contributed by atoms with Crippen molar-refractivity contribution in [1.29, 1.82) is 0 Å². The first-order chi connectivity index (χ1) is 12.5. The summed E-state index contributed by atoms with van der Waals surface area (Å²) in [7, 11) is 3.24. The summed E-state index contributed by atoms with van der Waals surface area (Å²) in [5.74, 6) is 1.38. The number of ether oxygens (including phenoxy) is 3. The van der Waals surface area contributed by atoms with Gasteiger partial charge in [0.25, 0.3) is 0 Å². The Labute approximate surface area is 156 Å². The van der Waals surface area contributed by atoms with Gasteiger partial charge in [0.1, 0.15) is 0 Å². The Balaban J connectivity index is 1.80. The highest BCUT2D eigenvalue weighted by Crippen LogP contribution is 2.32. The lowest BCUT2D eigenvalue weighted by atomic mass is 9.84. The maximum absolute atomic E-state index is 12.1. The lowest BCUT2D eigenvalue weighted by molar-refractivity contribution is 0.0387. The number of hydrogen-bond donors (Lipinski definition) is 2. The van der Waals surface area contributed by atoms with E-state index in [0.29, 0.717) is 24.6 Å². The number of morpholine rings is 1. The summed E-state index contributed by atoms with van der Waals surface area (Å²) in [4.78, 5) is 14.4. The molecule has 2 rings (SSSR count). The van der Waals surface area contributed by atoms with Gasteiger partial charge in [0, 0.05) is 38.1 Å². The van der Waals surface area contributed by atoms with Crippen molar-refractivity contribution in [3.8, 4) is 11.5 Å². The molecular weight excluding hydrogens is 334 g/mol. The van der Waals surface area contributed by atoms with Crippen LogP contribution in [-0.2, 0) is 10.2 Å². The Kier molecular flexibility index (Phi) is 7.53. The summed E-state index contributed by atoms with van der Waals surface area (Å²) in [6.45, 7) is 9.55.